The number of rotatable bonds is 3. The van der Waals surface area contributed by atoms with E-state index in [0.717, 1.165) is 30.3 Å². The summed E-state index contributed by atoms with van der Waals surface area (Å²) in [6, 6.07) is 8.53. The molecule has 0 radical (unpaired) electrons. The zero-order valence-electron chi connectivity index (χ0n) is 10.9. The zero-order chi connectivity index (χ0) is 15.0. The summed E-state index contributed by atoms with van der Waals surface area (Å²) in [4.78, 5) is 0.0787. The SMILES string of the molecule is O=S(=O)(Nc1cc(Cl)ccc1F)c1ccc2c(c1)NCC2. The molecule has 0 bridgehead atoms. The molecule has 110 valence electrons. The van der Waals surface area contributed by atoms with Crippen LogP contribution in [0.4, 0.5) is 15.8 Å². The lowest BCUT2D eigenvalue weighted by molar-refractivity contribution is 0.598. The molecule has 2 aromatic carbocycles. The van der Waals surface area contributed by atoms with Crippen LogP contribution in [0.25, 0.3) is 0 Å². The summed E-state index contributed by atoms with van der Waals surface area (Å²) in [5.41, 5.74) is 1.70. The van der Waals surface area contributed by atoms with E-state index in [0.29, 0.717) is 0 Å². The number of hydrogen-bond acceptors (Lipinski definition) is 3. The van der Waals surface area contributed by atoms with E-state index < -0.39 is 15.8 Å². The van der Waals surface area contributed by atoms with Crippen molar-refractivity contribution in [2.75, 3.05) is 16.6 Å². The van der Waals surface area contributed by atoms with Crippen LogP contribution in [0, 0.1) is 5.82 Å². The first-order valence-corrected chi connectivity index (χ1v) is 8.16. The number of sulfonamides is 1. The van der Waals surface area contributed by atoms with Crippen LogP contribution < -0.4 is 10.0 Å². The monoisotopic (exact) mass is 326 g/mol. The average Bonchev–Trinajstić information content (AvgIpc) is 2.90. The maximum Gasteiger partial charge on any atom is 0.262 e. The van der Waals surface area contributed by atoms with E-state index in [1.807, 2.05) is 0 Å². The van der Waals surface area contributed by atoms with Gasteiger partial charge in [-0.2, -0.15) is 0 Å². The second-order valence-electron chi connectivity index (χ2n) is 4.73. The highest BCUT2D eigenvalue weighted by Crippen LogP contribution is 2.27. The van der Waals surface area contributed by atoms with Crippen molar-refractivity contribution in [1.82, 2.24) is 0 Å². The minimum atomic E-state index is -3.86. The molecule has 0 atom stereocenters. The van der Waals surface area contributed by atoms with Crippen molar-refractivity contribution in [1.29, 1.82) is 0 Å². The van der Waals surface area contributed by atoms with Gasteiger partial charge in [0.1, 0.15) is 5.82 Å². The Morgan fingerprint density at radius 1 is 1.19 bits per heavy atom. The third kappa shape index (κ3) is 2.82. The Hall–Kier alpha value is -1.79. The Balaban J connectivity index is 1.95. The highest BCUT2D eigenvalue weighted by atomic mass is 35.5. The second-order valence-corrected chi connectivity index (χ2v) is 6.84. The molecular weight excluding hydrogens is 315 g/mol. The first kappa shape index (κ1) is 14.2. The van der Waals surface area contributed by atoms with Crippen LogP contribution in [0.2, 0.25) is 5.02 Å². The molecule has 0 aromatic heterocycles. The largest absolute Gasteiger partial charge is 0.384 e. The van der Waals surface area contributed by atoms with Crippen LogP contribution >= 0.6 is 11.6 Å². The lowest BCUT2D eigenvalue weighted by atomic mass is 10.2. The lowest BCUT2D eigenvalue weighted by Gasteiger charge is -2.10. The van der Waals surface area contributed by atoms with Gasteiger partial charge < -0.3 is 5.32 Å². The zero-order valence-corrected chi connectivity index (χ0v) is 12.4. The number of anilines is 2. The van der Waals surface area contributed by atoms with E-state index in [4.69, 9.17) is 11.6 Å². The Morgan fingerprint density at radius 3 is 2.81 bits per heavy atom. The van der Waals surface area contributed by atoms with Gasteiger partial charge in [0.2, 0.25) is 0 Å². The predicted molar refractivity (Wildman–Crippen MR) is 80.9 cm³/mol. The molecule has 7 heteroatoms. The van der Waals surface area contributed by atoms with Crippen molar-refractivity contribution in [3.8, 4) is 0 Å². The van der Waals surface area contributed by atoms with Crippen LogP contribution in [0.15, 0.2) is 41.3 Å². The fourth-order valence-corrected chi connectivity index (χ4v) is 3.47. The topological polar surface area (TPSA) is 58.2 Å². The predicted octanol–water partition coefficient (Wildman–Crippen LogP) is 3.25. The van der Waals surface area contributed by atoms with Crippen molar-refractivity contribution in [3.63, 3.8) is 0 Å². The summed E-state index contributed by atoms with van der Waals surface area (Å²) in [7, 11) is -3.86. The molecule has 2 aromatic rings. The van der Waals surface area contributed by atoms with Crippen LogP contribution in [-0.2, 0) is 16.4 Å². The Labute approximate surface area is 127 Å². The van der Waals surface area contributed by atoms with Gasteiger partial charge in [0.15, 0.2) is 0 Å². The van der Waals surface area contributed by atoms with E-state index in [1.165, 1.54) is 18.2 Å². The summed E-state index contributed by atoms with van der Waals surface area (Å²) < 4.78 is 40.5. The molecule has 0 saturated carbocycles. The molecule has 0 fully saturated rings. The summed E-state index contributed by atoms with van der Waals surface area (Å²) in [5.74, 6) is -0.678. The Morgan fingerprint density at radius 2 is 2.00 bits per heavy atom. The first-order chi connectivity index (χ1) is 9.95. The Bertz CT molecular complexity index is 809. The van der Waals surface area contributed by atoms with Gasteiger partial charge in [0.05, 0.1) is 10.6 Å². The molecule has 0 aliphatic carbocycles. The normalized spacial score (nSPS) is 13.6. The fourth-order valence-electron chi connectivity index (χ4n) is 2.22. The molecule has 0 unspecified atom stereocenters. The number of benzene rings is 2. The number of nitrogens with one attached hydrogen (secondary N) is 2. The highest BCUT2D eigenvalue weighted by Gasteiger charge is 2.19. The van der Waals surface area contributed by atoms with Crippen LogP contribution in [0.3, 0.4) is 0 Å². The molecule has 0 spiro atoms. The van der Waals surface area contributed by atoms with Crippen molar-refractivity contribution in [2.45, 2.75) is 11.3 Å². The maximum atomic E-state index is 13.6. The van der Waals surface area contributed by atoms with Gasteiger partial charge in [-0.25, -0.2) is 12.8 Å². The third-order valence-electron chi connectivity index (χ3n) is 3.27. The van der Waals surface area contributed by atoms with Gasteiger partial charge in [-0.05, 0) is 42.3 Å². The fraction of sp³-hybridized carbons (Fsp3) is 0.143. The van der Waals surface area contributed by atoms with Gasteiger partial charge in [-0.1, -0.05) is 17.7 Å². The lowest BCUT2D eigenvalue weighted by Crippen LogP contribution is -2.14. The van der Waals surface area contributed by atoms with Gasteiger partial charge in [-0.3, -0.25) is 4.72 Å². The Kier molecular flexibility index (Phi) is 3.51. The van der Waals surface area contributed by atoms with Crippen LogP contribution in [0.5, 0.6) is 0 Å². The number of hydrogen-bond donors (Lipinski definition) is 2. The quantitative estimate of drug-likeness (QED) is 0.910. The van der Waals surface area contributed by atoms with E-state index in [9.17, 15) is 12.8 Å². The molecule has 2 N–H and O–H groups in total. The average molecular weight is 327 g/mol. The van der Waals surface area contributed by atoms with E-state index in [1.54, 1.807) is 12.1 Å². The molecule has 21 heavy (non-hydrogen) atoms. The maximum absolute atomic E-state index is 13.6. The van der Waals surface area contributed by atoms with Crippen molar-refractivity contribution in [2.24, 2.45) is 0 Å². The molecule has 0 saturated heterocycles. The smallest absolute Gasteiger partial charge is 0.262 e. The third-order valence-corrected chi connectivity index (χ3v) is 4.87. The molecule has 0 amide bonds. The van der Waals surface area contributed by atoms with Gasteiger partial charge in [-0.15, -0.1) is 0 Å². The van der Waals surface area contributed by atoms with Crippen molar-refractivity contribution < 1.29 is 12.8 Å². The summed E-state index contributed by atoms with van der Waals surface area (Å²) in [5, 5.41) is 3.36. The molecule has 3 rings (SSSR count). The molecular formula is C14H12ClFN2O2S. The van der Waals surface area contributed by atoms with Gasteiger partial charge in [0.25, 0.3) is 10.0 Å². The van der Waals surface area contributed by atoms with Gasteiger partial charge in [0, 0.05) is 17.3 Å². The van der Waals surface area contributed by atoms with E-state index in [-0.39, 0.29) is 15.6 Å². The summed E-state index contributed by atoms with van der Waals surface area (Å²) in [6.45, 7) is 0.787. The summed E-state index contributed by atoms with van der Waals surface area (Å²) >= 11 is 5.76. The van der Waals surface area contributed by atoms with E-state index >= 15 is 0 Å². The molecule has 1 aliphatic rings. The van der Waals surface area contributed by atoms with Gasteiger partial charge >= 0.3 is 0 Å². The number of fused-ring (bicyclic) bond motifs is 1. The number of halogens is 2. The minimum Gasteiger partial charge on any atom is -0.384 e. The summed E-state index contributed by atoms with van der Waals surface area (Å²) in [6.07, 6.45) is 0.867. The molecule has 1 aliphatic heterocycles. The van der Waals surface area contributed by atoms with Crippen LogP contribution in [0.1, 0.15) is 5.56 Å². The highest BCUT2D eigenvalue weighted by molar-refractivity contribution is 7.92. The molecule has 4 nitrogen and oxygen atoms in total. The van der Waals surface area contributed by atoms with E-state index in [2.05, 4.69) is 10.0 Å². The second kappa shape index (κ2) is 5.20. The van der Waals surface area contributed by atoms with Crippen molar-refractivity contribution >= 4 is 33.0 Å². The minimum absolute atomic E-state index is 0.0787. The molecule has 1 heterocycles. The van der Waals surface area contributed by atoms with Crippen molar-refractivity contribution in [3.05, 3.63) is 52.8 Å². The first-order valence-electron chi connectivity index (χ1n) is 6.30. The van der Waals surface area contributed by atoms with Crippen LogP contribution in [-0.4, -0.2) is 15.0 Å². The standard InChI is InChI=1S/C14H12ClFN2O2S/c15-10-2-4-12(16)14(7-10)18-21(19,20)11-3-1-9-5-6-17-13(9)8-11/h1-4,7-8,17-18H,5-6H2.